The van der Waals surface area contributed by atoms with E-state index < -0.39 is 10.0 Å². The van der Waals surface area contributed by atoms with Crippen molar-refractivity contribution >= 4 is 50.3 Å². The van der Waals surface area contributed by atoms with Crippen molar-refractivity contribution in [3.8, 4) is 11.5 Å². The second-order valence-corrected chi connectivity index (χ2v) is 10.9. The van der Waals surface area contributed by atoms with E-state index in [2.05, 4.69) is 4.40 Å². The maximum Gasteiger partial charge on any atom is 0.294 e. The van der Waals surface area contributed by atoms with E-state index in [-0.39, 0.29) is 15.3 Å². The van der Waals surface area contributed by atoms with Crippen LogP contribution in [0.4, 0.5) is 0 Å². The Morgan fingerprint density at radius 3 is 2.53 bits per heavy atom. The van der Waals surface area contributed by atoms with Gasteiger partial charge >= 0.3 is 0 Å². The highest BCUT2D eigenvalue weighted by molar-refractivity contribution is 8.19. The molecule has 0 aliphatic carbocycles. The Kier molecular flexibility index (Phi) is 7.40. The molecular formula is C24H22N2O5S3. The smallest absolute Gasteiger partial charge is 0.294 e. The lowest BCUT2D eigenvalue weighted by atomic mass is 10.1. The second kappa shape index (κ2) is 10.5. The average molecular weight is 515 g/mol. The fourth-order valence-corrected chi connectivity index (χ4v) is 6.41. The van der Waals surface area contributed by atoms with Crippen molar-refractivity contribution in [1.82, 2.24) is 4.90 Å². The first-order valence-electron chi connectivity index (χ1n) is 10.4. The Hall–Kier alpha value is -3.08. The quantitative estimate of drug-likeness (QED) is 0.393. The monoisotopic (exact) mass is 514 g/mol. The highest BCUT2D eigenvalue weighted by atomic mass is 32.2. The van der Waals surface area contributed by atoms with Gasteiger partial charge < -0.3 is 9.47 Å². The molecule has 4 rings (SSSR count). The highest BCUT2D eigenvalue weighted by Gasteiger charge is 2.34. The fraction of sp³-hybridized carbons (Fsp3) is 0.167. The van der Waals surface area contributed by atoms with Gasteiger partial charge in [0.05, 0.1) is 12.0 Å². The number of sulfonamides is 1. The molecule has 176 valence electrons. The topological polar surface area (TPSA) is 85.3 Å². The van der Waals surface area contributed by atoms with Crippen LogP contribution in [0, 0.1) is 0 Å². The van der Waals surface area contributed by atoms with Crippen LogP contribution in [0.5, 0.6) is 11.5 Å². The number of thioether (sulfide) groups is 1. The normalized spacial score (nSPS) is 16.4. The SMILES string of the molecule is CCN1C(=O)/C(=C/c2ccc(OCc3ccccc3)c(OC)c2)SC1=NS(=O)(=O)c1cccs1. The van der Waals surface area contributed by atoms with E-state index in [4.69, 9.17) is 9.47 Å². The van der Waals surface area contributed by atoms with Gasteiger partial charge in [0.15, 0.2) is 16.7 Å². The molecule has 1 aliphatic heterocycles. The third-order valence-corrected chi connectivity index (χ3v) is 8.64. The number of carbonyl (C=O) groups excluding carboxylic acids is 1. The van der Waals surface area contributed by atoms with Crippen LogP contribution in [0.1, 0.15) is 18.1 Å². The maximum atomic E-state index is 12.9. The number of nitrogens with zero attached hydrogens (tertiary/aromatic N) is 2. The number of hydrogen-bond acceptors (Lipinski definition) is 7. The van der Waals surface area contributed by atoms with Crippen molar-refractivity contribution in [3.05, 3.63) is 82.1 Å². The van der Waals surface area contributed by atoms with Crippen LogP contribution in [0.25, 0.3) is 6.08 Å². The van der Waals surface area contributed by atoms with Gasteiger partial charge in [0.2, 0.25) is 0 Å². The molecule has 7 nitrogen and oxygen atoms in total. The summed E-state index contributed by atoms with van der Waals surface area (Å²) in [6.45, 7) is 2.48. The van der Waals surface area contributed by atoms with Crippen LogP contribution >= 0.6 is 23.1 Å². The summed E-state index contributed by atoms with van der Waals surface area (Å²) in [5.41, 5.74) is 1.76. The van der Waals surface area contributed by atoms with E-state index in [0.29, 0.717) is 29.6 Å². The largest absolute Gasteiger partial charge is 0.493 e. The first kappa shape index (κ1) is 24.1. The molecule has 34 heavy (non-hydrogen) atoms. The molecular weight excluding hydrogens is 492 g/mol. The molecule has 1 aromatic heterocycles. The van der Waals surface area contributed by atoms with E-state index in [9.17, 15) is 13.2 Å². The molecule has 0 N–H and O–H groups in total. The zero-order chi connectivity index (χ0) is 24.1. The first-order chi connectivity index (χ1) is 16.4. The summed E-state index contributed by atoms with van der Waals surface area (Å²) >= 11 is 2.12. The Labute approximate surface area is 206 Å². The van der Waals surface area contributed by atoms with Crippen LogP contribution in [0.2, 0.25) is 0 Å². The molecule has 3 aromatic rings. The van der Waals surface area contributed by atoms with Gasteiger partial charge in [0.1, 0.15) is 10.8 Å². The van der Waals surface area contributed by atoms with Crippen LogP contribution in [0.15, 0.2) is 79.6 Å². The third kappa shape index (κ3) is 5.35. The minimum Gasteiger partial charge on any atom is -0.493 e. The summed E-state index contributed by atoms with van der Waals surface area (Å²) < 4.78 is 40.6. The average Bonchev–Trinajstić information content (AvgIpc) is 3.48. The van der Waals surface area contributed by atoms with E-state index in [1.165, 1.54) is 11.0 Å². The molecule has 0 unspecified atom stereocenters. The molecule has 1 amide bonds. The van der Waals surface area contributed by atoms with Crippen molar-refractivity contribution in [2.24, 2.45) is 4.40 Å². The molecule has 0 bridgehead atoms. The van der Waals surface area contributed by atoms with Gasteiger partial charge in [-0.1, -0.05) is 42.5 Å². The van der Waals surface area contributed by atoms with Crippen molar-refractivity contribution in [1.29, 1.82) is 0 Å². The summed E-state index contributed by atoms with van der Waals surface area (Å²) in [6, 6.07) is 18.3. The van der Waals surface area contributed by atoms with Crippen molar-refractivity contribution < 1.29 is 22.7 Å². The summed E-state index contributed by atoms with van der Waals surface area (Å²) in [7, 11) is -2.33. The number of likely N-dealkylation sites (N-methyl/N-ethyl adjacent to an activating group) is 1. The number of carbonyl (C=O) groups is 1. The molecule has 2 heterocycles. The fourth-order valence-electron chi connectivity index (χ4n) is 3.19. The van der Waals surface area contributed by atoms with Gasteiger partial charge in [-0.3, -0.25) is 9.69 Å². The minimum absolute atomic E-state index is 0.136. The van der Waals surface area contributed by atoms with Crippen LogP contribution < -0.4 is 9.47 Å². The predicted octanol–water partition coefficient (Wildman–Crippen LogP) is 5.02. The summed E-state index contributed by atoms with van der Waals surface area (Å²) in [4.78, 5) is 14.6. The second-order valence-electron chi connectivity index (χ2n) is 7.13. The summed E-state index contributed by atoms with van der Waals surface area (Å²) in [5.74, 6) is 0.816. The van der Waals surface area contributed by atoms with Crippen molar-refractivity contribution in [2.45, 2.75) is 17.7 Å². The Bertz CT molecular complexity index is 1330. The molecule has 1 saturated heterocycles. The van der Waals surface area contributed by atoms with Gasteiger partial charge in [-0.15, -0.1) is 15.7 Å². The lowest BCUT2D eigenvalue weighted by Crippen LogP contribution is -2.29. The number of hydrogen-bond donors (Lipinski definition) is 0. The molecule has 1 fully saturated rings. The lowest BCUT2D eigenvalue weighted by molar-refractivity contribution is -0.122. The van der Waals surface area contributed by atoms with Crippen LogP contribution in [-0.4, -0.2) is 38.0 Å². The highest BCUT2D eigenvalue weighted by Crippen LogP contribution is 2.36. The molecule has 0 atom stereocenters. The summed E-state index contributed by atoms with van der Waals surface area (Å²) in [6.07, 6.45) is 1.69. The molecule has 0 radical (unpaired) electrons. The molecule has 0 spiro atoms. The lowest BCUT2D eigenvalue weighted by Gasteiger charge is -2.12. The van der Waals surface area contributed by atoms with E-state index in [1.807, 2.05) is 36.4 Å². The van der Waals surface area contributed by atoms with Crippen molar-refractivity contribution in [3.63, 3.8) is 0 Å². The Balaban J connectivity index is 1.57. The van der Waals surface area contributed by atoms with Crippen LogP contribution in [-0.2, 0) is 21.4 Å². The Morgan fingerprint density at radius 2 is 1.85 bits per heavy atom. The van der Waals surface area contributed by atoms with Crippen molar-refractivity contribution in [2.75, 3.05) is 13.7 Å². The van der Waals surface area contributed by atoms with Crippen LogP contribution in [0.3, 0.4) is 0 Å². The predicted molar refractivity (Wildman–Crippen MR) is 136 cm³/mol. The number of benzene rings is 2. The minimum atomic E-state index is -3.88. The number of ether oxygens (including phenoxy) is 2. The first-order valence-corrected chi connectivity index (χ1v) is 13.5. The van der Waals surface area contributed by atoms with Gasteiger partial charge in [-0.2, -0.15) is 8.42 Å². The number of methoxy groups -OCH3 is 1. The van der Waals surface area contributed by atoms with Gasteiger partial charge in [-0.25, -0.2) is 0 Å². The third-order valence-electron chi connectivity index (χ3n) is 4.87. The maximum absolute atomic E-state index is 12.9. The number of rotatable bonds is 8. The molecule has 1 aliphatic rings. The van der Waals surface area contributed by atoms with Gasteiger partial charge in [-0.05, 0) is 59.5 Å². The number of thiophene rings is 1. The van der Waals surface area contributed by atoms with Gasteiger partial charge in [0, 0.05) is 6.54 Å². The molecule has 0 saturated carbocycles. The molecule has 2 aromatic carbocycles. The number of amides is 1. The molecule has 10 heteroatoms. The standard InChI is InChI=1S/C24H22N2O5S3/c1-3-26-23(27)21(33-24(26)25-34(28,29)22-10-7-13-32-22)15-18-11-12-19(20(14-18)30-2)31-16-17-8-5-4-6-9-17/h4-15H,3,16H2,1-2H3/b21-15-,25-24?. The zero-order valence-corrected chi connectivity index (χ0v) is 21.0. The number of amidine groups is 1. The Morgan fingerprint density at radius 1 is 1.06 bits per heavy atom. The van der Waals surface area contributed by atoms with E-state index >= 15 is 0 Å². The van der Waals surface area contributed by atoms with E-state index in [1.54, 1.807) is 43.7 Å². The van der Waals surface area contributed by atoms with Gasteiger partial charge in [0.25, 0.3) is 15.9 Å². The zero-order valence-electron chi connectivity index (χ0n) is 18.5. The van der Waals surface area contributed by atoms with E-state index in [0.717, 1.165) is 34.2 Å². The summed E-state index contributed by atoms with van der Waals surface area (Å²) in [5, 5.41) is 1.81.